The molecule has 0 spiro atoms. The number of aliphatic imine (C=N–C) groups is 1. The van der Waals surface area contributed by atoms with Crippen LogP contribution in [0, 0.1) is 11.2 Å². The van der Waals surface area contributed by atoms with Gasteiger partial charge >= 0.3 is 0 Å². The quantitative estimate of drug-likeness (QED) is 0.798. The topological polar surface area (TPSA) is 62.5 Å². The Morgan fingerprint density at radius 2 is 2.19 bits per heavy atom. The van der Waals surface area contributed by atoms with Gasteiger partial charge in [0.15, 0.2) is 6.10 Å². The van der Waals surface area contributed by atoms with Gasteiger partial charge in [-0.1, -0.05) is 6.92 Å². The second-order valence-corrected chi connectivity index (χ2v) is 5.00. The summed E-state index contributed by atoms with van der Waals surface area (Å²) in [5.41, 5.74) is -0.531. The zero-order valence-corrected chi connectivity index (χ0v) is 12.8. The monoisotopic (exact) mass is 364 g/mol. The van der Waals surface area contributed by atoms with E-state index in [1.165, 1.54) is 19.9 Å². The summed E-state index contributed by atoms with van der Waals surface area (Å²) in [6, 6.07) is 3.23. The number of alkyl halides is 2. The molecule has 8 heteroatoms. The number of ether oxygens (including phenoxy) is 1. The number of nitrogens with zero attached hydrogens (tertiary/aromatic N) is 1. The molecule has 0 aliphatic heterocycles. The average Bonchev–Trinajstić information content (AvgIpc) is 2.42. The molecule has 0 heterocycles. The highest BCUT2D eigenvalue weighted by Gasteiger charge is 2.34. The smallest absolute Gasteiger partial charge is 0.295 e. The number of carbonyl (C=O) groups is 1. The summed E-state index contributed by atoms with van der Waals surface area (Å²) in [6.45, 7) is 2.53. The maximum atomic E-state index is 13.9. The van der Waals surface area contributed by atoms with Crippen LogP contribution in [0.1, 0.15) is 25.8 Å². The Balaban J connectivity index is 3.25. The minimum Gasteiger partial charge on any atom is -0.480 e. The Kier molecular flexibility index (Phi) is 5.69. The normalized spacial score (nSPS) is 12.5. The molecule has 1 N–H and O–H groups in total. The number of nitrogens with one attached hydrogen (secondary N) is 1. The molecule has 0 aliphatic carbocycles. The lowest BCUT2D eigenvalue weighted by Gasteiger charge is -2.21. The van der Waals surface area contributed by atoms with Gasteiger partial charge in [-0.2, -0.15) is 0 Å². The van der Waals surface area contributed by atoms with Crippen LogP contribution >= 0.6 is 15.9 Å². The number of rotatable bonds is 5. The molecule has 1 rings (SSSR count). The Morgan fingerprint density at radius 1 is 1.57 bits per heavy atom. The van der Waals surface area contributed by atoms with E-state index in [9.17, 15) is 18.0 Å². The number of amides is 1. The summed E-state index contributed by atoms with van der Waals surface area (Å²) in [7, 11) is 0. The second kappa shape index (κ2) is 6.87. The first-order valence-corrected chi connectivity index (χ1v) is 6.72. The van der Waals surface area contributed by atoms with Gasteiger partial charge in [-0.3, -0.25) is 4.79 Å². The van der Waals surface area contributed by atoms with Crippen molar-refractivity contribution in [1.29, 1.82) is 5.41 Å². The van der Waals surface area contributed by atoms with Crippen molar-refractivity contribution < 1.29 is 22.7 Å². The predicted molar refractivity (Wildman–Crippen MR) is 73.5 cm³/mol. The summed E-state index contributed by atoms with van der Waals surface area (Å²) in [5, 5.41) is 6.56. The molecular weight excluding hydrogens is 353 g/mol. The second-order valence-electron chi connectivity index (χ2n) is 4.14. The first-order chi connectivity index (χ1) is 9.72. The van der Waals surface area contributed by atoms with Crippen LogP contribution in [-0.4, -0.2) is 18.0 Å². The van der Waals surface area contributed by atoms with Gasteiger partial charge in [-0.25, -0.2) is 18.6 Å². The molecule has 0 bridgehead atoms. The molecule has 1 aromatic rings. The molecule has 0 saturated carbocycles. The predicted octanol–water partition coefficient (Wildman–Crippen LogP) is 4.14. The zero-order valence-electron chi connectivity index (χ0n) is 11.2. The van der Waals surface area contributed by atoms with Crippen LogP contribution < -0.4 is 4.74 Å². The number of hydrogen-bond acceptors (Lipinski definition) is 3. The van der Waals surface area contributed by atoms with Crippen molar-refractivity contribution in [3.05, 3.63) is 28.0 Å². The van der Waals surface area contributed by atoms with E-state index in [0.29, 0.717) is 0 Å². The summed E-state index contributed by atoms with van der Waals surface area (Å²) < 4.78 is 46.2. The van der Waals surface area contributed by atoms with E-state index in [0.717, 1.165) is 12.1 Å². The largest absolute Gasteiger partial charge is 0.480 e. The zero-order chi connectivity index (χ0) is 16.2. The average molecular weight is 365 g/mol. The van der Waals surface area contributed by atoms with E-state index < -0.39 is 41.5 Å². The Morgan fingerprint density at radius 3 is 2.71 bits per heavy atom. The molecule has 21 heavy (non-hydrogen) atoms. The van der Waals surface area contributed by atoms with Crippen LogP contribution in [0.3, 0.4) is 0 Å². The van der Waals surface area contributed by atoms with Crippen LogP contribution in [0.25, 0.3) is 0 Å². The van der Waals surface area contributed by atoms with Crippen molar-refractivity contribution >= 4 is 27.8 Å². The van der Waals surface area contributed by atoms with Crippen LogP contribution in [0.5, 0.6) is 5.75 Å². The van der Waals surface area contributed by atoms with Crippen molar-refractivity contribution in [2.75, 3.05) is 0 Å². The van der Waals surface area contributed by atoms with Crippen LogP contribution in [0.15, 0.2) is 21.6 Å². The summed E-state index contributed by atoms with van der Waals surface area (Å²) in [6.07, 6.45) is -1.75. The molecule has 1 aromatic carbocycles. The van der Waals surface area contributed by atoms with E-state index >= 15 is 0 Å². The molecule has 0 fully saturated rings. The van der Waals surface area contributed by atoms with E-state index in [4.69, 9.17) is 10.1 Å². The van der Waals surface area contributed by atoms with Gasteiger partial charge in [0.2, 0.25) is 0 Å². The van der Waals surface area contributed by atoms with Gasteiger partial charge in [0.1, 0.15) is 11.6 Å². The Hall–Kier alpha value is -1.66. The molecule has 0 aliphatic rings. The van der Waals surface area contributed by atoms with Gasteiger partial charge in [-0.05, 0) is 28.9 Å². The SMILES string of the molecule is CCC(F)(F)c1cc(Br)c(F)cc1O[C@@H](C)C(=O)N=C=N. The van der Waals surface area contributed by atoms with Crippen molar-refractivity contribution in [2.24, 2.45) is 4.99 Å². The lowest BCUT2D eigenvalue weighted by Crippen LogP contribution is -2.24. The highest BCUT2D eigenvalue weighted by Crippen LogP contribution is 2.40. The molecule has 114 valence electrons. The first-order valence-electron chi connectivity index (χ1n) is 5.93. The van der Waals surface area contributed by atoms with Crippen LogP contribution in [0.4, 0.5) is 13.2 Å². The minimum absolute atomic E-state index is 0.130. The number of carbonyl (C=O) groups excluding carboxylic acids is 1. The molecular formula is C13H12BrF3N2O2. The third-order valence-electron chi connectivity index (χ3n) is 2.68. The fraction of sp³-hybridized carbons (Fsp3) is 0.385. The molecule has 0 unspecified atom stereocenters. The van der Waals surface area contributed by atoms with Crippen molar-refractivity contribution in [1.82, 2.24) is 0 Å². The molecule has 0 radical (unpaired) electrons. The number of halogens is 4. The van der Waals surface area contributed by atoms with Gasteiger partial charge in [-0.15, -0.1) is 4.99 Å². The van der Waals surface area contributed by atoms with E-state index in [-0.39, 0.29) is 4.47 Å². The lowest BCUT2D eigenvalue weighted by atomic mass is 10.0. The molecule has 1 amide bonds. The molecule has 0 saturated heterocycles. The number of hydrogen-bond donors (Lipinski definition) is 1. The van der Waals surface area contributed by atoms with Crippen molar-refractivity contribution in [2.45, 2.75) is 32.3 Å². The Bertz CT molecular complexity index is 601. The molecule has 1 atom stereocenters. The summed E-state index contributed by atoms with van der Waals surface area (Å²) >= 11 is 2.84. The van der Waals surface area contributed by atoms with Crippen LogP contribution in [0.2, 0.25) is 0 Å². The molecule has 4 nitrogen and oxygen atoms in total. The maximum absolute atomic E-state index is 13.9. The fourth-order valence-electron chi connectivity index (χ4n) is 1.49. The minimum atomic E-state index is -3.24. The van der Waals surface area contributed by atoms with Gasteiger partial charge in [0, 0.05) is 12.5 Å². The van der Waals surface area contributed by atoms with E-state index in [1.807, 2.05) is 0 Å². The van der Waals surface area contributed by atoms with Crippen molar-refractivity contribution in [3.63, 3.8) is 0 Å². The number of benzene rings is 1. The summed E-state index contributed by atoms with van der Waals surface area (Å²) in [5.74, 6) is -5.35. The standard InChI is InChI=1S/C13H12BrF3N2O2/c1-3-13(16,17)8-4-9(14)10(15)5-11(8)21-7(2)12(20)19-6-18/h4-5,7,18H,3H2,1-2H3/t7-/m0/s1. The highest BCUT2D eigenvalue weighted by atomic mass is 79.9. The van der Waals surface area contributed by atoms with Crippen molar-refractivity contribution in [3.8, 4) is 5.75 Å². The van der Waals surface area contributed by atoms with Gasteiger partial charge in [0.05, 0.1) is 16.0 Å². The summed E-state index contributed by atoms with van der Waals surface area (Å²) in [4.78, 5) is 14.4. The maximum Gasteiger partial charge on any atom is 0.295 e. The third kappa shape index (κ3) is 4.15. The fourth-order valence-corrected chi connectivity index (χ4v) is 1.83. The highest BCUT2D eigenvalue weighted by molar-refractivity contribution is 9.10. The van der Waals surface area contributed by atoms with E-state index in [1.54, 1.807) is 0 Å². The molecule has 0 aromatic heterocycles. The first kappa shape index (κ1) is 17.4. The lowest BCUT2D eigenvalue weighted by molar-refractivity contribution is -0.123. The van der Waals surface area contributed by atoms with Crippen LogP contribution in [-0.2, 0) is 10.7 Å². The third-order valence-corrected chi connectivity index (χ3v) is 3.29. The van der Waals surface area contributed by atoms with Gasteiger partial charge in [0.25, 0.3) is 11.8 Å². The Labute approximate surface area is 127 Å². The van der Waals surface area contributed by atoms with E-state index in [2.05, 4.69) is 20.9 Å². The van der Waals surface area contributed by atoms with Gasteiger partial charge < -0.3 is 4.74 Å².